The number of hydrogen-bond acceptors (Lipinski definition) is 5. The number of carbonyl (C=O) groups is 2. The molecule has 2 aromatic carbocycles. The fourth-order valence-electron chi connectivity index (χ4n) is 5.14. The Hall–Kier alpha value is -3.74. The number of amides is 2. The Morgan fingerprint density at radius 1 is 1.03 bits per heavy atom. The van der Waals surface area contributed by atoms with Crippen LogP contribution in [0.4, 0.5) is 0 Å². The summed E-state index contributed by atoms with van der Waals surface area (Å²) in [5.74, 6) is 1.65. The van der Waals surface area contributed by atoms with Gasteiger partial charge in [-0.15, -0.1) is 0 Å². The van der Waals surface area contributed by atoms with Crippen molar-refractivity contribution < 1.29 is 14.3 Å². The topological polar surface area (TPSA) is 84.4 Å². The summed E-state index contributed by atoms with van der Waals surface area (Å²) in [5.41, 5.74) is 4.05. The minimum absolute atomic E-state index is 0.0811. The van der Waals surface area contributed by atoms with Crippen molar-refractivity contribution in [2.45, 2.75) is 65.0 Å². The van der Waals surface area contributed by atoms with Gasteiger partial charge in [0.25, 0.3) is 5.91 Å². The second kappa shape index (κ2) is 11.1. The Kier molecular flexibility index (Phi) is 7.49. The normalized spacial score (nSPS) is 18.2. The SMILES string of the molecule is Cc1ccc(-c2ccc(Oc3cc(C(=O)NC4CCCCC4)ccc3CN3C[C@@H](C)CC3=O)cc2)nn1. The van der Waals surface area contributed by atoms with E-state index in [2.05, 4.69) is 22.4 Å². The molecule has 1 aliphatic heterocycles. The maximum Gasteiger partial charge on any atom is 0.251 e. The van der Waals surface area contributed by atoms with Crippen molar-refractivity contribution in [1.82, 2.24) is 20.4 Å². The zero-order chi connectivity index (χ0) is 25.8. The predicted molar refractivity (Wildman–Crippen MR) is 142 cm³/mol. The van der Waals surface area contributed by atoms with Gasteiger partial charge in [0.1, 0.15) is 11.5 Å². The van der Waals surface area contributed by atoms with E-state index in [1.807, 2.05) is 60.4 Å². The van der Waals surface area contributed by atoms with E-state index in [0.717, 1.165) is 54.7 Å². The van der Waals surface area contributed by atoms with Crippen LogP contribution in [0.3, 0.4) is 0 Å². The van der Waals surface area contributed by atoms with Crippen LogP contribution in [0.2, 0.25) is 0 Å². The maximum absolute atomic E-state index is 13.0. The van der Waals surface area contributed by atoms with Gasteiger partial charge in [0.2, 0.25) is 5.91 Å². The zero-order valence-corrected chi connectivity index (χ0v) is 21.6. The predicted octanol–water partition coefficient (Wildman–Crippen LogP) is 5.68. The number of carbonyl (C=O) groups excluding carboxylic acids is 2. The van der Waals surface area contributed by atoms with Crippen LogP contribution in [0.15, 0.2) is 54.6 Å². The highest BCUT2D eigenvalue weighted by molar-refractivity contribution is 5.95. The molecule has 1 aliphatic carbocycles. The zero-order valence-electron chi connectivity index (χ0n) is 21.6. The summed E-state index contributed by atoms with van der Waals surface area (Å²) in [7, 11) is 0. The van der Waals surface area contributed by atoms with Crippen molar-refractivity contribution >= 4 is 11.8 Å². The van der Waals surface area contributed by atoms with Gasteiger partial charge in [-0.3, -0.25) is 9.59 Å². The average Bonchev–Trinajstić information content (AvgIpc) is 3.22. The third-order valence-corrected chi connectivity index (χ3v) is 7.21. The molecule has 0 radical (unpaired) electrons. The maximum atomic E-state index is 13.0. The van der Waals surface area contributed by atoms with Crippen LogP contribution in [-0.2, 0) is 11.3 Å². The molecular weight excluding hydrogens is 464 g/mol. The first-order valence-corrected chi connectivity index (χ1v) is 13.2. The van der Waals surface area contributed by atoms with E-state index in [9.17, 15) is 9.59 Å². The lowest BCUT2D eigenvalue weighted by molar-refractivity contribution is -0.128. The van der Waals surface area contributed by atoms with Crippen molar-refractivity contribution in [1.29, 1.82) is 0 Å². The molecule has 2 amide bonds. The lowest BCUT2D eigenvalue weighted by Gasteiger charge is -2.23. The minimum Gasteiger partial charge on any atom is -0.457 e. The van der Waals surface area contributed by atoms with E-state index in [-0.39, 0.29) is 17.9 Å². The van der Waals surface area contributed by atoms with Crippen LogP contribution in [-0.4, -0.2) is 39.5 Å². The largest absolute Gasteiger partial charge is 0.457 e. The Bertz CT molecular complexity index is 1250. The van der Waals surface area contributed by atoms with Gasteiger partial charge >= 0.3 is 0 Å². The third kappa shape index (κ3) is 6.16. The van der Waals surface area contributed by atoms with Gasteiger partial charge in [-0.05, 0) is 74.2 Å². The monoisotopic (exact) mass is 498 g/mol. The smallest absolute Gasteiger partial charge is 0.251 e. The van der Waals surface area contributed by atoms with E-state index in [0.29, 0.717) is 35.9 Å². The quantitative estimate of drug-likeness (QED) is 0.453. The van der Waals surface area contributed by atoms with Gasteiger partial charge in [0.05, 0.1) is 11.4 Å². The van der Waals surface area contributed by atoms with Crippen molar-refractivity contribution in [3.8, 4) is 22.8 Å². The lowest BCUT2D eigenvalue weighted by atomic mass is 9.95. The summed E-state index contributed by atoms with van der Waals surface area (Å²) in [4.78, 5) is 27.4. The molecule has 7 nitrogen and oxygen atoms in total. The number of aryl methyl sites for hydroxylation is 1. The Morgan fingerprint density at radius 2 is 1.81 bits per heavy atom. The molecule has 7 heteroatoms. The van der Waals surface area contributed by atoms with E-state index in [4.69, 9.17) is 4.74 Å². The summed E-state index contributed by atoms with van der Waals surface area (Å²) in [6, 6.07) is 17.3. The van der Waals surface area contributed by atoms with E-state index >= 15 is 0 Å². The van der Waals surface area contributed by atoms with E-state index < -0.39 is 0 Å². The summed E-state index contributed by atoms with van der Waals surface area (Å²) in [6.07, 6.45) is 6.18. The molecule has 0 bridgehead atoms. The molecule has 1 atom stereocenters. The molecule has 3 aromatic rings. The molecule has 2 aliphatic rings. The van der Waals surface area contributed by atoms with Crippen molar-refractivity contribution in [3.63, 3.8) is 0 Å². The Balaban J connectivity index is 1.38. The van der Waals surface area contributed by atoms with E-state index in [1.165, 1.54) is 6.42 Å². The molecule has 1 N–H and O–H groups in total. The number of benzene rings is 2. The molecule has 2 fully saturated rings. The number of likely N-dealkylation sites (tertiary alicyclic amines) is 1. The van der Waals surface area contributed by atoms with Crippen LogP contribution in [0, 0.1) is 12.8 Å². The second-order valence-corrected chi connectivity index (χ2v) is 10.4. The van der Waals surface area contributed by atoms with Gasteiger partial charge in [-0.1, -0.05) is 32.3 Å². The molecule has 192 valence electrons. The van der Waals surface area contributed by atoms with Gasteiger partial charge in [-0.25, -0.2) is 0 Å². The Morgan fingerprint density at radius 3 is 2.49 bits per heavy atom. The second-order valence-electron chi connectivity index (χ2n) is 10.4. The molecule has 5 rings (SSSR count). The lowest BCUT2D eigenvalue weighted by Crippen LogP contribution is -2.36. The molecule has 2 heterocycles. The number of ether oxygens (including phenoxy) is 1. The highest BCUT2D eigenvalue weighted by atomic mass is 16.5. The molecule has 1 saturated carbocycles. The number of nitrogens with zero attached hydrogens (tertiary/aromatic N) is 3. The average molecular weight is 499 g/mol. The number of hydrogen-bond donors (Lipinski definition) is 1. The molecule has 1 saturated heterocycles. The number of rotatable bonds is 7. The van der Waals surface area contributed by atoms with Crippen LogP contribution in [0.1, 0.15) is 67.1 Å². The highest BCUT2D eigenvalue weighted by Crippen LogP contribution is 2.31. The molecule has 37 heavy (non-hydrogen) atoms. The fourth-order valence-corrected chi connectivity index (χ4v) is 5.14. The van der Waals surface area contributed by atoms with Crippen LogP contribution in [0.5, 0.6) is 11.5 Å². The van der Waals surface area contributed by atoms with Crippen molar-refractivity contribution in [2.75, 3.05) is 6.54 Å². The van der Waals surface area contributed by atoms with Crippen LogP contribution in [0.25, 0.3) is 11.3 Å². The first-order valence-electron chi connectivity index (χ1n) is 13.2. The standard InChI is InChI=1S/C30H34N4O3/c1-20-16-29(35)34(18-20)19-24-10-9-23(30(36)31-25-6-4-3-5-7-25)17-28(24)37-26-13-11-22(12-14-26)27-15-8-21(2)32-33-27/h8-15,17,20,25H,3-7,16,18-19H2,1-2H3,(H,31,36)/t20-/m0/s1. The Labute approximate surface area is 218 Å². The minimum atomic E-state index is -0.0811. The van der Waals surface area contributed by atoms with E-state index in [1.54, 1.807) is 6.07 Å². The fraction of sp³-hybridized carbons (Fsp3) is 0.400. The third-order valence-electron chi connectivity index (χ3n) is 7.21. The first-order chi connectivity index (χ1) is 17.9. The summed E-state index contributed by atoms with van der Waals surface area (Å²) in [5, 5.41) is 11.6. The van der Waals surface area contributed by atoms with Gasteiger partial charge < -0.3 is 15.0 Å². The van der Waals surface area contributed by atoms with Crippen LogP contribution >= 0.6 is 0 Å². The molecule has 1 aromatic heterocycles. The summed E-state index contributed by atoms with van der Waals surface area (Å²) in [6.45, 7) is 5.19. The first kappa shape index (κ1) is 24.9. The van der Waals surface area contributed by atoms with Crippen molar-refractivity contribution in [3.05, 3.63) is 71.4 Å². The molecule has 0 spiro atoms. The highest BCUT2D eigenvalue weighted by Gasteiger charge is 2.27. The van der Waals surface area contributed by atoms with Crippen molar-refractivity contribution in [2.24, 2.45) is 5.92 Å². The van der Waals surface area contributed by atoms with Gasteiger partial charge in [0, 0.05) is 42.2 Å². The molecular formula is C30H34N4O3. The number of nitrogens with one attached hydrogen (secondary N) is 1. The van der Waals surface area contributed by atoms with Gasteiger partial charge in [-0.2, -0.15) is 10.2 Å². The van der Waals surface area contributed by atoms with Crippen LogP contribution < -0.4 is 10.1 Å². The molecule has 0 unspecified atom stereocenters. The number of aromatic nitrogens is 2. The van der Waals surface area contributed by atoms with Gasteiger partial charge in [0.15, 0.2) is 0 Å². The summed E-state index contributed by atoms with van der Waals surface area (Å²) >= 11 is 0. The summed E-state index contributed by atoms with van der Waals surface area (Å²) < 4.78 is 6.32.